The van der Waals surface area contributed by atoms with E-state index in [0.29, 0.717) is 0 Å². The molecule has 0 saturated heterocycles. The lowest BCUT2D eigenvalue weighted by molar-refractivity contribution is 0.164. The maximum Gasteiger partial charge on any atom is 0.437 e. The normalized spacial score (nSPS) is 12.4. The van der Waals surface area contributed by atoms with Gasteiger partial charge in [-0.2, -0.15) is 0 Å². The van der Waals surface area contributed by atoms with Crippen molar-refractivity contribution in [2.24, 2.45) is 0 Å². The van der Waals surface area contributed by atoms with Gasteiger partial charge in [0.2, 0.25) is 0 Å². The molecule has 10 nitrogen and oxygen atoms in total. The van der Waals surface area contributed by atoms with Gasteiger partial charge in [0.1, 0.15) is 13.2 Å². The van der Waals surface area contributed by atoms with Crippen LogP contribution < -0.4 is 0 Å². The molecule has 0 aromatic carbocycles. The van der Waals surface area contributed by atoms with Gasteiger partial charge >= 0.3 is 26.6 Å². The predicted octanol–water partition coefficient (Wildman–Crippen LogP) is 2.79. The zero-order chi connectivity index (χ0) is 17.2. The number of hydrogen-bond donors (Lipinski definition) is 0. The molecular weight excluding hydrogens is 342 g/mol. The summed E-state index contributed by atoms with van der Waals surface area (Å²) in [6.07, 6.45) is 2.62. The Morgan fingerprint density at radius 3 is 1.23 bits per heavy atom. The summed E-state index contributed by atoms with van der Waals surface area (Å²) in [5.74, 6) is 0. The van der Waals surface area contributed by atoms with Gasteiger partial charge in [-0.15, -0.1) is 0 Å². The Kier molecular flexibility index (Phi) is 9.43. The van der Waals surface area contributed by atoms with Crippen molar-refractivity contribution in [3.8, 4) is 0 Å². The highest BCUT2D eigenvalue weighted by Crippen LogP contribution is 2.48. The highest BCUT2D eigenvalue weighted by Gasteiger charge is 2.35. The lowest BCUT2D eigenvalue weighted by Gasteiger charge is -2.11. The number of hydrogen-bond acceptors (Lipinski definition) is 10. The van der Waals surface area contributed by atoms with Crippen molar-refractivity contribution in [2.75, 3.05) is 41.7 Å². The molecule has 0 aliphatic carbocycles. The minimum absolute atomic E-state index is 0.251. The number of rotatable bonds is 10. The Hall–Kier alpha value is -1.02. The van der Waals surface area contributed by atoms with E-state index in [-0.39, 0.29) is 13.2 Å². The van der Waals surface area contributed by atoms with E-state index in [1.807, 2.05) is 0 Å². The highest BCUT2D eigenvalue weighted by atomic mass is 31.2. The molecule has 12 heteroatoms. The molecule has 0 N–H and O–H groups in total. The van der Waals surface area contributed by atoms with E-state index in [1.165, 1.54) is 12.2 Å². The second-order valence-corrected chi connectivity index (χ2v) is 7.53. The van der Waals surface area contributed by atoms with Crippen LogP contribution in [0.25, 0.3) is 0 Å². The molecule has 0 fully saturated rings. The van der Waals surface area contributed by atoms with Crippen molar-refractivity contribution < 1.29 is 46.3 Å². The fraction of sp³-hybridized carbons (Fsp3) is 0.600. The lowest BCUT2D eigenvalue weighted by Crippen LogP contribution is -2.07. The topological polar surface area (TPSA) is 124 Å². The smallest absolute Gasteiger partial charge is 0.437 e. The first-order valence-electron chi connectivity index (χ1n) is 5.72. The Morgan fingerprint density at radius 1 is 0.727 bits per heavy atom. The minimum atomic E-state index is -3.92. The largest absolute Gasteiger partial charge is 0.452 e. The molecule has 0 atom stereocenters. The predicted molar refractivity (Wildman–Crippen MR) is 75.1 cm³/mol. The molecule has 0 heterocycles. The van der Waals surface area contributed by atoms with E-state index in [9.17, 15) is 18.7 Å². The monoisotopic (exact) mass is 360 g/mol. The zero-order valence-corrected chi connectivity index (χ0v) is 14.3. The van der Waals surface area contributed by atoms with Crippen molar-refractivity contribution in [3.63, 3.8) is 0 Å². The summed E-state index contributed by atoms with van der Waals surface area (Å²) in [6, 6.07) is 0. The van der Waals surface area contributed by atoms with Crippen molar-refractivity contribution in [2.45, 2.75) is 0 Å². The van der Waals surface area contributed by atoms with Gasteiger partial charge in [0.05, 0.1) is 0 Å². The summed E-state index contributed by atoms with van der Waals surface area (Å²) >= 11 is 0. The van der Waals surface area contributed by atoms with Gasteiger partial charge in [0, 0.05) is 28.4 Å². The second-order valence-electron chi connectivity index (χ2n) is 3.35. The van der Waals surface area contributed by atoms with Crippen LogP contribution in [0.3, 0.4) is 0 Å². The van der Waals surface area contributed by atoms with E-state index in [0.717, 1.165) is 28.4 Å². The van der Waals surface area contributed by atoms with Crippen LogP contribution in [-0.4, -0.2) is 53.1 Å². The molecule has 0 aliphatic rings. The molecule has 0 aromatic rings. The molecule has 128 valence electrons. The van der Waals surface area contributed by atoms with Crippen LogP contribution in [0.1, 0.15) is 0 Å². The van der Waals surface area contributed by atoms with Crippen molar-refractivity contribution in [1.82, 2.24) is 0 Å². The number of carbonyl (C=O) groups is 2. The average molecular weight is 360 g/mol. The second kappa shape index (κ2) is 9.89. The fourth-order valence-corrected chi connectivity index (χ4v) is 2.34. The SMILES string of the molecule is COP(=O)(OC)C(=O)OC/C=C/COC(=O)P(=O)(OC)OC. The summed E-state index contributed by atoms with van der Waals surface area (Å²) in [6.45, 7) is -0.501. The van der Waals surface area contributed by atoms with Gasteiger partial charge in [-0.3, -0.25) is 0 Å². The lowest BCUT2D eigenvalue weighted by atomic mass is 10.5. The first kappa shape index (κ1) is 21.0. The zero-order valence-electron chi connectivity index (χ0n) is 12.5. The van der Waals surface area contributed by atoms with Gasteiger partial charge in [-0.25, -0.2) is 18.7 Å². The van der Waals surface area contributed by atoms with Crippen LogP contribution in [-0.2, 0) is 36.7 Å². The van der Waals surface area contributed by atoms with Gasteiger partial charge in [0.15, 0.2) is 0 Å². The van der Waals surface area contributed by atoms with Crippen LogP contribution in [0.5, 0.6) is 0 Å². The van der Waals surface area contributed by atoms with Crippen LogP contribution in [0.4, 0.5) is 9.59 Å². The molecule has 0 aliphatic heterocycles. The number of carbonyl (C=O) groups excluding carboxylic acids is 2. The molecule has 0 spiro atoms. The molecule has 0 radical (unpaired) electrons. The van der Waals surface area contributed by atoms with Gasteiger partial charge < -0.3 is 27.6 Å². The van der Waals surface area contributed by atoms with Crippen LogP contribution in [0.2, 0.25) is 0 Å². The molecule has 0 bridgehead atoms. The molecule has 0 rings (SSSR count). The van der Waals surface area contributed by atoms with Gasteiger partial charge in [-0.05, 0) is 12.2 Å². The van der Waals surface area contributed by atoms with Crippen LogP contribution in [0.15, 0.2) is 12.2 Å². The molecule has 22 heavy (non-hydrogen) atoms. The fourth-order valence-electron chi connectivity index (χ4n) is 0.980. The summed E-state index contributed by atoms with van der Waals surface area (Å²) in [7, 11) is -3.66. The van der Waals surface area contributed by atoms with Crippen LogP contribution in [0, 0.1) is 0 Å². The minimum Gasteiger partial charge on any atom is -0.452 e. The first-order valence-corrected chi connectivity index (χ1v) is 8.80. The molecule has 0 amide bonds. The molecule has 0 unspecified atom stereocenters. The average Bonchev–Trinajstić information content (AvgIpc) is 2.55. The van der Waals surface area contributed by atoms with Gasteiger partial charge in [-0.1, -0.05) is 0 Å². The Balaban J connectivity index is 4.18. The summed E-state index contributed by atoms with van der Waals surface area (Å²) in [5.41, 5.74) is -2.30. The Morgan fingerprint density at radius 2 is 1.00 bits per heavy atom. The van der Waals surface area contributed by atoms with E-state index in [1.54, 1.807) is 0 Å². The Bertz CT molecular complexity index is 440. The van der Waals surface area contributed by atoms with E-state index in [4.69, 9.17) is 0 Å². The third kappa shape index (κ3) is 6.00. The number of ether oxygens (including phenoxy) is 2. The molecule has 0 aromatic heterocycles. The van der Waals surface area contributed by atoms with Crippen molar-refractivity contribution in [3.05, 3.63) is 12.2 Å². The quantitative estimate of drug-likeness (QED) is 0.424. The van der Waals surface area contributed by atoms with Crippen molar-refractivity contribution >= 4 is 26.6 Å². The summed E-state index contributed by atoms with van der Waals surface area (Å²) < 4.78 is 50.1. The van der Waals surface area contributed by atoms with Crippen molar-refractivity contribution in [1.29, 1.82) is 0 Å². The Labute approximate surface area is 127 Å². The highest BCUT2D eigenvalue weighted by molar-refractivity contribution is 7.71. The third-order valence-electron chi connectivity index (χ3n) is 2.18. The summed E-state index contributed by atoms with van der Waals surface area (Å²) in [4.78, 5) is 22.7. The van der Waals surface area contributed by atoms with Gasteiger partial charge in [0.25, 0.3) is 0 Å². The molecule has 0 saturated carbocycles. The first-order chi connectivity index (χ1) is 10.3. The summed E-state index contributed by atoms with van der Waals surface area (Å²) in [5, 5.41) is 0. The maximum absolute atomic E-state index is 11.6. The third-order valence-corrected chi connectivity index (χ3v) is 5.26. The molecular formula is C10H18O10P2. The van der Waals surface area contributed by atoms with Crippen LogP contribution >= 0.6 is 15.2 Å². The van der Waals surface area contributed by atoms with E-state index < -0.39 is 26.6 Å². The van der Waals surface area contributed by atoms with E-state index in [2.05, 4.69) is 27.6 Å². The standard InChI is InChI=1S/C10H18O10P2/c1-15-21(13,16-2)9(11)19-7-5-6-8-20-10(12)22(14,17-3)18-4/h5-6H,7-8H2,1-4H3/b6-5+. The maximum atomic E-state index is 11.6. The van der Waals surface area contributed by atoms with E-state index >= 15 is 0 Å².